The van der Waals surface area contributed by atoms with Gasteiger partial charge in [-0.1, -0.05) is 283 Å². The van der Waals surface area contributed by atoms with Gasteiger partial charge in [0.1, 0.15) is 13.2 Å². The molecule has 0 aromatic carbocycles. The Bertz CT molecular complexity index is 1680. The second-order valence-corrected chi connectivity index (χ2v) is 21.3. The smallest absolute Gasteiger partial charge is 0.306 e. The summed E-state index contributed by atoms with van der Waals surface area (Å²) < 4.78 is 16.9. The van der Waals surface area contributed by atoms with Crippen LogP contribution in [0.25, 0.3) is 0 Å². The van der Waals surface area contributed by atoms with Crippen LogP contribution in [0, 0.1) is 0 Å². The summed E-state index contributed by atoms with van der Waals surface area (Å²) in [6, 6.07) is 0. The fourth-order valence-electron chi connectivity index (χ4n) is 8.76. The summed E-state index contributed by atoms with van der Waals surface area (Å²) in [5, 5.41) is 0. The lowest BCUT2D eigenvalue weighted by molar-refractivity contribution is -0.167. The van der Waals surface area contributed by atoms with Crippen LogP contribution in [-0.4, -0.2) is 37.2 Å². The molecule has 79 heavy (non-hydrogen) atoms. The van der Waals surface area contributed by atoms with Crippen LogP contribution in [0.1, 0.15) is 290 Å². The zero-order chi connectivity index (χ0) is 57.1. The minimum atomic E-state index is -0.793. The number of carbonyl (C=O) groups excluding carboxylic acids is 3. The van der Waals surface area contributed by atoms with E-state index in [-0.39, 0.29) is 31.1 Å². The van der Waals surface area contributed by atoms with Crippen LogP contribution in [0.2, 0.25) is 0 Å². The molecule has 0 saturated carbocycles. The number of allylic oxidation sites excluding steroid dienone is 22. The SMILES string of the molecule is CC/C=C\C/C=C\C/C=C\C/C=C\C/C=C\C/C=C\C/C=C\C/C=C\C/C=C\CCCCCCCC(=O)OCC(COC(=O)CCCCCCCCCCCC)OC(=O)CCCCCCCCC/C=C\C/C=C\CCCCCC. The third-order valence-electron chi connectivity index (χ3n) is 13.6. The van der Waals surface area contributed by atoms with E-state index in [9.17, 15) is 14.4 Å². The Morgan fingerprint density at radius 1 is 0.266 bits per heavy atom. The van der Waals surface area contributed by atoms with E-state index in [4.69, 9.17) is 14.2 Å². The third-order valence-corrected chi connectivity index (χ3v) is 13.6. The van der Waals surface area contributed by atoms with Crippen molar-refractivity contribution in [1.29, 1.82) is 0 Å². The maximum absolute atomic E-state index is 12.9. The van der Waals surface area contributed by atoms with E-state index < -0.39 is 6.10 Å². The van der Waals surface area contributed by atoms with Crippen molar-refractivity contribution in [3.05, 3.63) is 134 Å². The van der Waals surface area contributed by atoms with Gasteiger partial charge in [-0.2, -0.15) is 0 Å². The third kappa shape index (κ3) is 64.3. The molecule has 1 unspecified atom stereocenters. The van der Waals surface area contributed by atoms with Gasteiger partial charge in [0.25, 0.3) is 0 Å². The molecule has 0 fully saturated rings. The van der Waals surface area contributed by atoms with Crippen molar-refractivity contribution in [2.45, 2.75) is 297 Å². The summed E-state index contributed by atoms with van der Waals surface area (Å²) in [6.45, 7) is 6.48. The number of unbranched alkanes of at least 4 members (excludes halogenated alkanes) is 25. The van der Waals surface area contributed by atoms with Crippen LogP contribution < -0.4 is 0 Å². The highest BCUT2D eigenvalue weighted by Gasteiger charge is 2.19. The van der Waals surface area contributed by atoms with Crippen molar-refractivity contribution in [1.82, 2.24) is 0 Å². The number of ether oxygens (including phenoxy) is 3. The summed E-state index contributed by atoms with van der Waals surface area (Å²) in [7, 11) is 0. The van der Waals surface area contributed by atoms with Crippen LogP contribution in [-0.2, 0) is 28.6 Å². The van der Waals surface area contributed by atoms with Gasteiger partial charge in [-0.05, 0) is 122 Å². The summed E-state index contributed by atoms with van der Waals surface area (Å²) in [5.41, 5.74) is 0. The van der Waals surface area contributed by atoms with Crippen LogP contribution in [0.4, 0.5) is 0 Å². The van der Waals surface area contributed by atoms with Gasteiger partial charge in [0.05, 0.1) is 0 Å². The molecular formula is C73H120O6. The van der Waals surface area contributed by atoms with E-state index >= 15 is 0 Å². The van der Waals surface area contributed by atoms with Crippen LogP contribution in [0.15, 0.2) is 134 Å². The van der Waals surface area contributed by atoms with Crippen molar-refractivity contribution < 1.29 is 28.6 Å². The van der Waals surface area contributed by atoms with Crippen LogP contribution in [0.5, 0.6) is 0 Å². The Balaban J connectivity index is 4.29. The minimum absolute atomic E-state index is 0.0883. The monoisotopic (exact) mass is 1090 g/mol. The second-order valence-electron chi connectivity index (χ2n) is 21.3. The van der Waals surface area contributed by atoms with Gasteiger partial charge < -0.3 is 14.2 Å². The fourth-order valence-corrected chi connectivity index (χ4v) is 8.76. The lowest BCUT2D eigenvalue weighted by atomic mass is 10.1. The van der Waals surface area contributed by atoms with Gasteiger partial charge in [0.2, 0.25) is 0 Å². The number of esters is 3. The Hall–Kier alpha value is -4.45. The molecule has 0 heterocycles. The Labute approximate surface area is 487 Å². The van der Waals surface area contributed by atoms with Gasteiger partial charge in [-0.25, -0.2) is 0 Å². The number of carbonyl (C=O) groups is 3. The molecule has 0 saturated heterocycles. The topological polar surface area (TPSA) is 78.9 Å². The first-order valence-corrected chi connectivity index (χ1v) is 32.7. The first-order chi connectivity index (χ1) is 39.0. The summed E-state index contributed by atoms with van der Waals surface area (Å²) in [6.07, 6.45) is 93.2. The van der Waals surface area contributed by atoms with Crippen LogP contribution >= 0.6 is 0 Å². The molecule has 0 bridgehead atoms. The summed E-state index contributed by atoms with van der Waals surface area (Å²) in [4.78, 5) is 38.2. The highest BCUT2D eigenvalue weighted by Crippen LogP contribution is 2.15. The zero-order valence-corrected chi connectivity index (χ0v) is 51.3. The van der Waals surface area contributed by atoms with Crippen LogP contribution in [0.3, 0.4) is 0 Å². The molecule has 0 aliphatic rings. The standard InChI is InChI=1S/C73H120O6/c1-4-7-10-13-16-19-22-24-26-28-30-31-32-33-34-35-36-37-38-39-40-41-42-43-44-46-47-49-51-54-57-60-63-66-72(75)78-69-70(68-77-71(74)65-62-59-56-53-21-18-15-12-9-6-3)79-73(76)67-64-61-58-55-52-50-48-45-29-27-25-23-20-17-14-11-8-5-2/h7,10,16,19-20,23-24,26-27,29-31,33-34,36-37,39-40,42-43,46-47,70H,4-6,8-9,11-15,17-18,21-22,25,28,32,35,38,41,44-45,48-69H2,1-3H3/b10-7-,19-16-,23-20-,26-24-,29-27-,31-30-,34-33-,37-36-,40-39-,43-42-,47-46-. The molecule has 6 nitrogen and oxygen atoms in total. The van der Waals surface area contributed by atoms with E-state index in [1.165, 1.54) is 103 Å². The van der Waals surface area contributed by atoms with E-state index in [0.29, 0.717) is 19.3 Å². The average molecular weight is 1090 g/mol. The number of rotatable bonds is 58. The molecule has 0 rings (SSSR count). The lowest BCUT2D eigenvalue weighted by Gasteiger charge is -2.18. The van der Waals surface area contributed by atoms with Gasteiger partial charge >= 0.3 is 17.9 Å². The van der Waals surface area contributed by atoms with E-state index in [0.717, 1.165) is 148 Å². The molecule has 0 aliphatic heterocycles. The highest BCUT2D eigenvalue weighted by molar-refractivity contribution is 5.71. The van der Waals surface area contributed by atoms with Crippen molar-refractivity contribution >= 4 is 17.9 Å². The van der Waals surface area contributed by atoms with Gasteiger partial charge in [-0.15, -0.1) is 0 Å². The Morgan fingerprint density at radius 2 is 0.494 bits per heavy atom. The molecule has 6 heteroatoms. The maximum Gasteiger partial charge on any atom is 0.306 e. The summed E-state index contributed by atoms with van der Waals surface area (Å²) in [5.74, 6) is -0.915. The lowest BCUT2D eigenvalue weighted by Crippen LogP contribution is -2.30. The average Bonchev–Trinajstić information content (AvgIpc) is 3.45. The molecule has 0 spiro atoms. The molecular weight excluding hydrogens is 973 g/mol. The predicted molar refractivity (Wildman–Crippen MR) is 343 cm³/mol. The Kier molecular flexibility index (Phi) is 62.3. The van der Waals surface area contributed by atoms with Crippen molar-refractivity contribution in [2.24, 2.45) is 0 Å². The van der Waals surface area contributed by atoms with Crippen molar-refractivity contribution in [3.8, 4) is 0 Å². The second kappa shape index (κ2) is 66.1. The fraction of sp³-hybridized carbons (Fsp3) is 0.658. The quantitative estimate of drug-likeness (QED) is 0.0261. The van der Waals surface area contributed by atoms with Crippen molar-refractivity contribution in [3.63, 3.8) is 0 Å². The van der Waals surface area contributed by atoms with Gasteiger partial charge in [0, 0.05) is 19.3 Å². The molecule has 0 amide bonds. The van der Waals surface area contributed by atoms with E-state index in [2.05, 4.69) is 154 Å². The predicted octanol–water partition coefficient (Wildman–Crippen LogP) is 22.5. The summed E-state index contributed by atoms with van der Waals surface area (Å²) >= 11 is 0. The first kappa shape index (κ1) is 74.5. The van der Waals surface area contributed by atoms with Crippen molar-refractivity contribution in [2.75, 3.05) is 13.2 Å². The molecule has 1 atom stereocenters. The van der Waals surface area contributed by atoms with Gasteiger partial charge in [-0.3, -0.25) is 14.4 Å². The first-order valence-electron chi connectivity index (χ1n) is 32.7. The van der Waals surface area contributed by atoms with E-state index in [1.807, 2.05) is 0 Å². The van der Waals surface area contributed by atoms with E-state index in [1.54, 1.807) is 0 Å². The molecule has 448 valence electrons. The normalized spacial score (nSPS) is 13.0. The largest absolute Gasteiger partial charge is 0.462 e. The Morgan fingerprint density at radius 3 is 0.785 bits per heavy atom. The molecule has 0 N–H and O–H groups in total. The number of hydrogen-bond donors (Lipinski definition) is 0. The van der Waals surface area contributed by atoms with Gasteiger partial charge in [0.15, 0.2) is 6.10 Å². The molecule has 0 aromatic rings. The molecule has 0 aromatic heterocycles. The maximum atomic E-state index is 12.9. The number of hydrogen-bond acceptors (Lipinski definition) is 6. The minimum Gasteiger partial charge on any atom is -0.462 e. The molecule has 0 radical (unpaired) electrons. The highest BCUT2D eigenvalue weighted by atomic mass is 16.6. The zero-order valence-electron chi connectivity index (χ0n) is 51.3. The molecule has 0 aliphatic carbocycles.